The van der Waals surface area contributed by atoms with E-state index in [4.69, 9.17) is 9.84 Å². The molecule has 0 aromatic carbocycles. The van der Waals surface area contributed by atoms with E-state index in [1.54, 1.807) is 0 Å². The van der Waals surface area contributed by atoms with Crippen molar-refractivity contribution in [2.75, 3.05) is 19.8 Å². The van der Waals surface area contributed by atoms with Crippen molar-refractivity contribution in [3.05, 3.63) is 0 Å². The van der Waals surface area contributed by atoms with Gasteiger partial charge in [0.2, 0.25) is 0 Å². The first kappa shape index (κ1) is 11.4. The Morgan fingerprint density at radius 3 is 2.53 bits per heavy atom. The summed E-state index contributed by atoms with van der Waals surface area (Å²) < 4.78 is 5.52. The normalized spacial score (nSPS) is 29.8. The lowest BCUT2D eigenvalue weighted by Crippen LogP contribution is -2.22. The minimum atomic E-state index is 0.358. The third-order valence-corrected chi connectivity index (χ3v) is 4.27. The third-order valence-electron chi connectivity index (χ3n) is 4.27. The fourth-order valence-electron chi connectivity index (χ4n) is 3.46. The first-order valence-electron chi connectivity index (χ1n) is 6.60. The molecule has 1 aliphatic heterocycles. The highest BCUT2D eigenvalue weighted by atomic mass is 16.5. The highest BCUT2D eigenvalue weighted by molar-refractivity contribution is 4.82. The average molecular weight is 212 g/mol. The molecule has 2 rings (SSSR count). The summed E-state index contributed by atoms with van der Waals surface area (Å²) in [6, 6.07) is 0. The van der Waals surface area contributed by atoms with Gasteiger partial charge in [-0.1, -0.05) is 25.7 Å². The van der Waals surface area contributed by atoms with E-state index in [2.05, 4.69) is 0 Å². The Morgan fingerprint density at radius 1 is 1.13 bits per heavy atom. The van der Waals surface area contributed by atoms with Crippen LogP contribution in [0.1, 0.15) is 44.9 Å². The molecule has 2 unspecified atom stereocenters. The van der Waals surface area contributed by atoms with Crippen LogP contribution in [0.15, 0.2) is 0 Å². The van der Waals surface area contributed by atoms with Gasteiger partial charge in [-0.05, 0) is 37.0 Å². The lowest BCUT2D eigenvalue weighted by atomic mass is 9.77. The van der Waals surface area contributed by atoms with E-state index in [0.717, 1.165) is 37.4 Å². The second kappa shape index (κ2) is 5.86. The molecule has 1 aliphatic carbocycles. The fraction of sp³-hybridized carbons (Fsp3) is 1.00. The van der Waals surface area contributed by atoms with Crippen molar-refractivity contribution in [3.8, 4) is 0 Å². The van der Waals surface area contributed by atoms with E-state index in [1.165, 1.54) is 38.5 Å². The average Bonchev–Trinajstić information content (AvgIpc) is 2.90. The van der Waals surface area contributed by atoms with Gasteiger partial charge in [0.05, 0.1) is 0 Å². The maximum atomic E-state index is 8.97. The van der Waals surface area contributed by atoms with E-state index in [9.17, 15) is 0 Å². The highest BCUT2D eigenvalue weighted by Crippen LogP contribution is 2.40. The van der Waals surface area contributed by atoms with Crippen molar-refractivity contribution in [1.29, 1.82) is 0 Å². The summed E-state index contributed by atoms with van der Waals surface area (Å²) in [5, 5.41) is 8.97. The molecule has 88 valence electrons. The van der Waals surface area contributed by atoms with Gasteiger partial charge in [0.15, 0.2) is 0 Å². The zero-order chi connectivity index (χ0) is 10.5. The van der Waals surface area contributed by atoms with Gasteiger partial charge >= 0.3 is 0 Å². The molecule has 2 nitrogen and oxygen atoms in total. The lowest BCUT2D eigenvalue weighted by Gasteiger charge is -2.28. The van der Waals surface area contributed by atoms with Crippen LogP contribution in [0.5, 0.6) is 0 Å². The Kier molecular flexibility index (Phi) is 4.45. The van der Waals surface area contributed by atoms with Crippen LogP contribution in [0, 0.1) is 17.8 Å². The summed E-state index contributed by atoms with van der Waals surface area (Å²) in [4.78, 5) is 0. The summed E-state index contributed by atoms with van der Waals surface area (Å²) in [6.07, 6.45) is 9.15. The van der Waals surface area contributed by atoms with Gasteiger partial charge in [0.25, 0.3) is 0 Å². The first-order valence-corrected chi connectivity index (χ1v) is 6.60. The maximum Gasteiger partial charge on any atom is 0.0497 e. The Labute approximate surface area is 93.0 Å². The molecular formula is C13H24O2. The zero-order valence-corrected chi connectivity index (χ0v) is 9.66. The van der Waals surface area contributed by atoms with E-state index >= 15 is 0 Å². The van der Waals surface area contributed by atoms with Crippen LogP contribution < -0.4 is 0 Å². The number of aliphatic hydroxyl groups is 1. The van der Waals surface area contributed by atoms with Crippen LogP contribution in [0.4, 0.5) is 0 Å². The molecule has 15 heavy (non-hydrogen) atoms. The molecular weight excluding hydrogens is 188 g/mol. The van der Waals surface area contributed by atoms with Crippen LogP contribution in [-0.2, 0) is 4.74 Å². The number of ether oxygens (including phenoxy) is 1. The van der Waals surface area contributed by atoms with E-state index in [-0.39, 0.29) is 0 Å². The third kappa shape index (κ3) is 2.94. The molecule has 2 atom stereocenters. The Balaban J connectivity index is 1.88. The van der Waals surface area contributed by atoms with Crippen molar-refractivity contribution in [3.63, 3.8) is 0 Å². The van der Waals surface area contributed by atoms with Crippen molar-refractivity contribution >= 4 is 0 Å². The molecule has 0 spiro atoms. The van der Waals surface area contributed by atoms with Gasteiger partial charge in [0.1, 0.15) is 0 Å². The van der Waals surface area contributed by atoms with Gasteiger partial charge in [-0.3, -0.25) is 0 Å². The fourth-order valence-corrected chi connectivity index (χ4v) is 3.46. The number of hydrogen-bond donors (Lipinski definition) is 1. The largest absolute Gasteiger partial charge is 0.396 e. The molecule has 0 amide bonds. The SMILES string of the molecule is OCCCC(C1CCCC1)C1CCOC1. The van der Waals surface area contributed by atoms with Gasteiger partial charge in [-0.2, -0.15) is 0 Å². The molecule has 0 aromatic rings. The van der Waals surface area contributed by atoms with Crippen LogP contribution in [0.3, 0.4) is 0 Å². The van der Waals surface area contributed by atoms with Crippen molar-refractivity contribution < 1.29 is 9.84 Å². The van der Waals surface area contributed by atoms with Crippen LogP contribution in [0.2, 0.25) is 0 Å². The zero-order valence-electron chi connectivity index (χ0n) is 9.66. The summed E-state index contributed by atoms with van der Waals surface area (Å²) >= 11 is 0. The van der Waals surface area contributed by atoms with E-state index < -0.39 is 0 Å². The van der Waals surface area contributed by atoms with Crippen LogP contribution in [0.25, 0.3) is 0 Å². The van der Waals surface area contributed by atoms with Crippen LogP contribution in [-0.4, -0.2) is 24.9 Å². The molecule has 1 heterocycles. The van der Waals surface area contributed by atoms with Crippen molar-refractivity contribution in [1.82, 2.24) is 0 Å². The molecule has 0 bridgehead atoms. The molecule has 2 aliphatic rings. The number of rotatable bonds is 5. The Morgan fingerprint density at radius 2 is 1.93 bits per heavy atom. The molecule has 0 aromatic heterocycles. The van der Waals surface area contributed by atoms with Crippen molar-refractivity contribution in [2.45, 2.75) is 44.9 Å². The van der Waals surface area contributed by atoms with E-state index in [0.29, 0.717) is 6.61 Å². The molecule has 1 N–H and O–H groups in total. The second-order valence-electron chi connectivity index (χ2n) is 5.20. The first-order chi connectivity index (χ1) is 7.42. The predicted molar refractivity (Wildman–Crippen MR) is 60.7 cm³/mol. The van der Waals surface area contributed by atoms with Crippen LogP contribution >= 0.6 is 0 Å². The topological polar surface area (TPSA) is 29.5 Å². The maximum absolute atomic E-state index is 8.97. The molecule has 1 saturated carbocycles. The number of aliphatic hydroxyl groups excluding tert-OH is 1. The van der Waals surface area contributed by atoms with Gasteiger partial charge < -0.3 is 9.84 Å². The highest BCUT2D eigenvalue weighted by Gasteiger charge is 2.32. The summed E-state index contributed by atoms with van der Waals surface area (Å²) in [7, 11) is 0. The molecule has 2 fully saturated rings. The lowest BCUT2D eigenvalue weighted by molar-refractivity contribution is 0.142. The predicted octanol–water partition coefficient (Wildman–Crippen LogP) is 2.60. The minimum absolute atomic E-state index is 0.358. The molecule has 1 saturated heterocycles. The monoisotopic (exact) mass is 212 g/mol. The van der Waals surface area contributed by atoms with Gasteiger partial charge in [0, 0.05) is 19.8 Å². The van der Waals surface area contributed by atoms with Gasteiger partial charge in [-0.15, -0.1) is 0 Å². The quantitative estimate of drug-likeness (QED) is 0.759. The smallest absolute Gasteiger partial charge is 0.0497 e. The summed E-state index contributed by atoms with van der Waals surface area (Å²) in [6.45, 7) is 2.30. The molecule has 2 heteroatoms. The summed E-state index contributed by atoms with van der Waals surface area (Å²) in [5.74, 6) is 2.56. The standard InChI is InChI=1S/C13H24O2/c14-8-3-6-13(11-4-1-2-5-11)12-7-9-15-10-12/h11-14H,1-10H2. The van der Waals surface area contributed by atoms with Crippen molar-refractivity contribution in [2.24, 2.45) is 17.8 Å². The Hall–Kier alpha value is -0.0800. The minimum Gasteiger partial charge on any atom is -0.396 e. The Bertz CT molecular complexity index is 153. The van der Waals surface area contributed by atoms with Gasteiger partial charge in [-0.25, -0.2) is 0 Å². The number of hydrogen-bond acceptors (Lipinski definition) is 2. The van der Waals surface area contributed by atoms with E-state index in [1.807, 2.05) is 0 Å². The second-order valence-corrected chi connectivity index (χ2v) is 5.20. The summed E-state index contributed by atoms with van der Waals surface area (Å²) in [5.41, 5.74) is 0. The molecule has 0 radical (unpaired) electrons.